The normalized spacial score (nSPS) is 49.8. The first-order valence-corrected chi connectivity index (χ1v) is 4.30. The van der Waals surface area contributed by atoms with E-state index in [1.54, 1.807) is 0 Å². The maximum atomic E-state index is 11.1. The average Bonchev–Trinajstić information content (AvgIpc) is 2.16. The summed E-state index contributed by atoms with van der Waals surface area (Å²) in [6, 6.07) is 0. The second-order valence-electron chi connectivity index (χ2n) is 4.34. The van der Waals surface area contributed by atoms with Crippen LogP contribution in [0.3, 0.4) is 0 Å². The second-order valence-corrected chi connectivity index (χ2v) is 4.34. The summed E-state index contributed by atoms with van der Waals surface area (Å²) in [7, 11) is 0. The third-order valence-electron chi connectivity index (χ3n) is 3.52. The number of carbonyl (C=O) groups is 1. The molecule has 2 rings (SSSR count). The van der Waals surface area contributed by atoms with Crippen LogP contribution < -0.4 is 0 Å². The number of hydrogen-bond donors (Lipinski definition) is 1. The first-order valence-electron chi connectivity index (χ1n) is 4.30. The van der Waals surface area contributed by atoms with Crippen LogP contribution in [0.1, 0.15) is 39.0 Å². The fourth-order valence-electron chi connectivity index (χ4n) is 2.68. The summed E-state index contributed by atoms with van der Waals surface area (Å²) in [5, 5.41) is 10.0. The molecular weight excluding hydrogens is 140 g/mol. The minimum Gasteiger partial charge on any atom is -0.389 e. The number of fused-ring (bicyclic) bond motifs is 1. The van der Waals surface area contributed by atoms with Gasteiger partial charge < -0.3 is 5.11 Å². The average molecular weight is 154 g/mol. The Morgan fingerprint density at radius 2 is 2.09 bits per heavy atom. The molecule has 1 N–H and O–H groups in total. The van der Waals surface area contributed by atoms with Gasteiger partial charge in [0, 0.05) is 18.3 Å². The molecule has 2 nitrogen and oxygen atoms in total. The van der Waals surface area contributed by atoms with Gasteiger partial charge in [0.15, 0.2) is 0 Å². The van der Waals surface area contributed by atoms with Crippen molar-refractivity contribution < 1.29 is 9.90 Å². The maximum absolute atomic E-state index is 11.1. The van der Waals surface area contributed by atoms with E-state index < -0.39 is 5.60 Å². The van der Waals surface area contributed by atoms with Gasteiger partial charge in [-0.15, -0.1) is 0 Å². The van der Waals surface area contributed by atoms with Crippen LogP contribution in [0, 0.1) is 5.41 Å². The van der Waals surface area contributed by atoms with Crippen LogP contribution in [0.5, 0.6) is 0 Å². The lowest BCUT2D eigenvalue weighted by molar-refractivity contribution is -0.118. The van der Waals surface area contributed by atoms with Crippen molar-refractivity contribution in [2.24, 2.45) is 5.41 Å². The summed E-state index contributed by atoms with van der Waals surface area (Å²) in [4.78, 5) is 11.1. The molecule has 0 aliphatic heterocycles. The van der Waals surface area contributed by atoms with Crippen molar-refractivity contribution in [3.05, 3.63) is 0 Å². The van der Waals surface area contributed by atoms with Gasteiger partial charge in [0.05, 0.1) is 5.60 Å². The minimum atomic E-state index is -0.635. The molecule has 0 spiro atoms. The van der Waals surface area contributed by atoms with E-state index in [2.05, 4.69) is 0 Å². The molecule has 2 unspecified atom stereocenters. The van der Waals surface area contributed by atoms with Crippen LogP contribution in [-0.2, 0) is 4.79 Å². The number of hydrogen-bond acceptors (Lipinski definition) is 2. The molecule has 0 aromatic carbocycles. The van der Waals surface area contributed by atoms with E-state index in [1.807, 2.05) is 6.92 Å². The zero-order valence-electron chi connectivity index (χ0n) is 6.89. The van der Waals surface area contributed by atoms with Crippen molar-refractivity contribution in [2.45, 2.75) is 44.6 Å². The number of Topliss-reactive ketones (excluding diaryl/α,β-unsaturated/α-hetero) is 1. The number of rotatable bonds is 0. The second kappa shape index (κ2) is 1.86. The Kier molecular flexibility index (Phi) is 1.23. The lowest BCUT2D eigenvalue weighted by Gasteiger charge is -2.31. The number of aliphatic hydroxyl groups is 1. The molecule has 2 aliphatic carbocycles. The topological polar surface area (TPSA) is 37.3 Å². The van der Waals surface area contributed by atoms with Crippen LogP contribution in [0.2, 0.25) is 0 Å². The van der Waals surface area contributed by atoms with Crippen LogP contribution in [0.4, 0.5) is 0 Å². The lowest BCUT2D eigenvalue weighted by atomic mass is 9.79. The van der Waals surface area contributed by atoms with Crippen molar-refractivity contribution >= 4 is 5.78 Å². The first-order chi connectivity index (χ1) is 5.06. The molecule has 2 heteroatoms. The zero-order chi connectivity index (χ0) is 8.11. The summed E-state index contributed by atoms with van der Waals surface area (Å²) < 4.78 is 0. The third-order valence-corrected chi connectivity index (χ3v) is 3.52. The molecule has 2 fully saturated rings. The van der Waals surface area contributed by atoms with E-state index in [-0.39, 0.29) is 11.2 Å². The first kappa shape index (κ1) is 7.29. The van der Waals surface area contributed by atoms with Gasteiger partial charge in [0.25, 0.3) is 0 Å². The van der Waals surface area contributed by atoms with Crippen molar-refractivity contribution in [3.8, 4) is 0 Å². The van der Waals surface area contributed by atoms with Gasteiger partial charge in [-0.1, -0.05) is 6.92 Å². The molecule has 0 amide bonds. The van der Waals surface area contributed by atoms with E-state index in [0.29, 0.717) is 12.8 Å². The van der Waals surface area contributed by atoms with Crippen molar-refractivity contribution in [2.75, 3.05) is 0 Å². The van der Waals surface area contributed by atoms with Crippen molar-refractivity contribution in [1.82, 2.24) is 0 Å². The quantitative estimate of drug-likeness (QED) is 0.570. The van der Waals surface area contributed by atoms with Gasteiger partial charge in [-0.25, -0.2) is 0 Å². The third kappa shape index (κ3) is 0.791. The molecule has 0 heterocycles. The lowest BCUT2D eigenvalue weighted by Crippen LogP contribution is -2.36. The van der Waals surface area contributed by atoms with E-state index >= 15 is 0 Å². The fraction of sp³-hybridized carbons (Fsp3) is 0.889. The maximum Gasteiger partial charge on any atom is 0.136 e. The zero-order valence-corrected chi connectivity index (χ0v) is 6.89. The van der Waals surface area contributed by atoms with E-state index in [4.69, 9.17) is 0 Å². The molecule has 0 bridgehead atoms. The smallest absolute Gasteiger partial charge is 0.136 e. The van der Waals surface area contributed by atoms with E-state index in [1.165, 1.54) is 0 Å². The fourth-order valence-corrected chi connectivity index (χ4v) is 2.68. The predicted octanol–water partition coefficient (Wildman–Crippen LogP) is 1.27. The number of carbonyl (C=O) groups excluding carboxylic acids is 1. The summed E-state index contributed by atoms with van der Waals surface area (Å²) >= 11 is 0. The Balaban J connectivity index is 2.35. The van der Waals surface area contributed by atoms with Crippen molar-refractivity contribution in [3.63, 3.8) is 0 Å². The SMILES string of the molecule is CC12CCCC1(O)CC(=O)C2. The van der Waals surface area contributed by atoms with Gasteiger partial charge >= 0.3 is 0 Å². The van der Waals surface area contributed by atoms with Gasteiger partial charge in [-0.05, 0) is 19.3 Å². The van der Waals surface area contributed by atoms with Crippen LogP contribution in [0.25, 0.3) is 0 Å². The van der Waals surface area contributed by atoms with Crippen molar-refractivity contribution in [1.29, 1.82) is 0 Å². The Morgan fingerprint density at radius 3 is 2.73 bits per heavy atom. The van der Waals surface area contributed by atoms with Gasteiger partial charge in [-0.3, -0.25) is 4.79 Å². The predicted molar refractivity (Wildman–Crippen MR) is 41.1 cm³/mol. The van der Waals surface area contributed by atoms with E-state index in [0.717, 1.165) is 19.3 Å². The molecule has 2 atom stereocenters. The molecule has 0 aromatic heterocycles. The molecule has 0 aromatic rings. The Bertz CT molecular complexity index is 192. The highest BCUT2D eigenvalue weighted by Crippen LogP contribution is 2.55. The van der Waals surface area contributed by atoms with Gasteiger partial charge in [0.2, 0.25) is 0 Å². The molecule has 62 valence electrons. The summed E-state index contributed by atoms with van der Waals surface area (Å²) in [6.45, 7) is 2.05. The molecule has 11 heavy (non-hydrogen) atoms. The Labute approximate surface area is 66.6 Å². The molecular formula is C9H14O2. The monoisotopic (exact) mass is 154 g/mol. The Hall–Kier alpha value is -0.370. The largest absolute Gasteiger partial charge is 0.389 e. The summed E-state index contributed by atoms with van der Waals surface area (Å²) in [6.07, 6.45) is 3.94. The molecule has 0 radical (unpaired) electrons. The summed E-state index contributed by atoms with van der Waals surface area (Å²) in [5.74, 6) is 0.245. The van der Waals surface area contributed by atoms with Gasteiger partial charge in [-0.2, -0.15) is 0 Å². The minimum absolute atomic E-state index is 0.0793. The highest BCUT2D eigenvalue weighted by atomic mass is 16.3. The van der Waals surface area contributed by atoms with Crippen LogP contribution in [-0.4, -0.2) is 16.5 Å². The van der Waals surface area contributed by atoms with Crippen LogP contribution >= 0.6 is 0 Å². The summed E-state index contributed by atoms with van der Waals surface area (Å²) in [5.41, 5.74) is -0.714. The molecule has 2 aliphatic rings. The van der Waals surface area contributed by atoms with Crippen LogP contribution in [0.15, 0.2) is 0 Å². The highest BCUT2D eigenvalue weighted by Gasteiger charge is 2.56. The molecule has 2 saturated carbocycles. The van der Waals surface area contributed by atoms with E-state index in [9.17, 15) is 9.90 Å². The molecule has 0 saturated heterocycles. The number of ketones is 1. The Morgan fingerprint density at radius 1 is 1.36 bits per heavy atom. The standard InChI is InChI=1S/C9H14O2/c1-8-3-2-4-9(8,11)6-7(10)5-8/h11H,2-6H2,1H3. The highest BCUT2D eigenvalue weighted by molar-refractivity contribution is 5.83. The van der Waals surface area contributed by atoms with Gasteiger partial charge in [0.1, 0.15) is 5.78 Å².